The molecule has 0 saturated heterocycles. The lowest BCUT2D eigenvalue weighted by atomic mass is 9.99. The fourth-order valence-electron chi connectivity index (χ4n) is 2.30. The third-order valence-corrected chi connectivity index (χ3v) is 3.70. The smallest absolute Gasteiger partial charge is 0.168 e. The van der Waals surface area contributed by atoms with E-state index in [9.17, 15) is 9.18 Å². The molecule has 1 aromatic heterocycles. The van der Waals surface area contributed by atoms with Crippen molar-refractivity contribution in [2.75, 3.05) is 0 Å². The summed E-state index contributed by atoms with van der Waals surface area (Å²) in [6.07, 6.45) is 1.51. The summed E-state index contributed by atoms with van der Waals surface area (Å²) < 4.78 is 13.8. The standard InChI is InChI=1S/C17H11ClFNO/c18-14-5-3-6-15(19)13(14)10-17(21)12-8-9-20-16-7-2-1-4-11(12)16/h1-9H,10H2. The Hall–Kier alpha value is -2.26. The summed E-state index contributed by atoms with van der Waals surface area (Å²) in [5, 5.41) is 1.03. The number of rotatable bonds is 3. The monoisotopic (exact) mass is 299 g/mol. The number of pyridine rings is 1. The molecule has 2 nitrogen and oxygen atoms in total. The van der Waals surface area contributed by atoms with Crippen molar-refractivity contribution in [1.29, 1.82) is 0 Å². The largest absolute Gasteiger partial charge is 0.294 e. The minimum Gasteiger partial charge on any atom is -0.294 e. The number of halogens is 2. The third kappa shape index (κ3) is 2.65. The fraction of sp³-hybridized carbons (Fsp3) is 0.0588. The van der Waals surface area contributed by atoms with Crippen LogP contribution < -0.4 is 0 Å². The molecule has 0 N–H and O–H groups in total. The maximum absolute atomic E-state index is 13.8. The van der Waals surface area contributed by atoms with Gasteiger partial charge in [0.15, 0.2) is 5.78 Å². The number of ketones is 1. The van der Waals surface area contributed by atoms with E-state index >= 15 is 0 Å². The zero-order valence-corrected chi connectivity index (χ0v) is 11.8. The number of nitrogens with zero attached hydrogens (tertiary/aromatic N) is 1. The molecule has 4 heteroatoms. The highest BCUT2D eigenvalue weighted by atomic mass is 35.5. The summed E-state index contributed by atoms with van der Waals surface area (Å²) in [6.45, 7) is 0. The van der Waals surface area contributed by atoms with Gasteiger partial charge in [0, 0.05) is 34.2 Å². The molecule has 21 heavy (non-hydrogen) atoms. The average molecular weight is 300 g/mol. The van der Waals surface area contributed by atoms with Gasteiger partial charge in [0.1, 0.15) is 5.82 Å². The van der Waals surface area contributed by atoms with Gasteiger partial charge in [0.05, 0.1) is 5.52 Å². The van der Waals surface area contributed by atoms with Crippen molar-refractivity contribution in [1.82, 2.24) is 4.98 Å². The number of carbonyl (C=O) groups is 1. The third-order valence-electron chi connectivity index (χ3n) is 3.35. The summed E-state index contributed by atoms with van der Waals surface area (Å²) >= 11 is 5.97. The number of aromatic nitrogens is 1. The highest BCUT2D eigenvalue weighted by molar-refractivity contribution is 6.31. The summed E-state index contributed by atoms with van der Waals surface area (Å²) in [5.74, 6) is -0.644. The van der Waals surface area contributed by atoms with Crippen LogP contribution in [0.25, 0.3) is 10.9 Å². The Morgan fingerprint density at radius 3 is 2.71 bits per heavy atom. The van der Waals surface area contributed by atoms with Gasteiger partial charge in [0.25, 0.3) is 0 Å². The summed E-state index contributed by atoms with van der Waals surface area (Å²) in [5.41, 5.74) is 1.49. The van der Waals surface area contributed by atoms with E-state index in [4.69, 9.17) is 11.6 Å². The lowest BCUT2D eigenvalue weighted by Gasteiger charge is -2.07. The minimum absolute atomic E-state index is 0.0699. The van der Waals surface area contributed by atoms with Gasteiger partial charge in [-0.25, -0.2) is 4.39 Å². The van der Waals surface area contributed by atoms with Crippen LogP contribution in [0.15, 0.2) is 54.7 Å². The van der Waals surface area contributed by atoms with Crippen LogP contribution in [0.3, 0.4) is 0 Å². The first kappa shape index (κ1) is 13.7. The molecule has 104 valence electrons. The maximum atomic E-state index is 13.8. The van der Waals surface area contributed by atoms with Gasteiger partial charge in [-0.15, -0.1) is 0 Å². The van der Waals surface area contributed by atoms with E-state index in [2.05, 4.69) is 4.98 Å². The molecule has 3 rings (SSSR count). The number of fused-ring (bicyclic) bond motifs is 1. The maximum Gasteiger partial charge on any atom is 0.168 e. The van der Waals surface area contributed by atoms with Gasteiger partial charge in [-0.05, 0) is 24.3 Å². The molecular weight excluding hydrogens is 289 g/mol. The van der Waals surface area contributed by atoms with Crippen LogP contribution in [0.1, 0.15) is 15.9 Å². The van der Waals surface area contributed by atoms with Crippen LogP contribution in [0.2, 0.25) is 5.02 Å². The highest BCUT2D eigenvalue weighted by Gasteiger charge is 2.15. The quantitative estimate of drug-likeness (QED) is 0.669. The lowest BCUT2D eigenvalue weighted by molar-refractivity contribution is 0.0993. The summed E-state index contributed by atoms with van der Waals surface area (Å²) in [4.78, 5) is 16.7. The number of Topliss-reactive ketones (excluding diaryl/α,β-unsaturated/α-hetero) is 1. The van der Waals surface area contributed by atoms with Crippen molar-refractivity contribution in [2.45, 2.75) is 6.42 Å². The number of hydrogen-bond acceptors (Lipinski definition) is 2. The molecule has 0 aliphatic carbocycles. The zero-order chi connectivity index (χ0) is 14.8. The van der Waals surface area contributed by atoms with Gasteiger partial charge in [-0.1, -0.05) is 35.9 Å². The Bertz CT molecular complexity index is 806. The summed E-state index contributed by atoms with van der Waals surface area (Å²) in [6, 6.07) is 13.4. The van der Waals surface area contributed by atoms with Crippen molar-refractivity contribution in [3.8, 4) is 0 Å². The van der Waals surface area contributed by atoms with Crippen molar-refractivity contribution in [3.63, 3.8) is 0 Å². The number of carbonyl (C=O) groups excluding carboxylic acids is 1. The highest BCUT2D eigenvalue weighted by Crippen LogP contribution is 2.23. The van der Waals surface area contributed by atoms with Crippen LogP contribution in [-0.4, -0.2) is 10.8 Å². The molecule has 0 fully saturated rings. The average Bonchev–Trinajstić information content (AvgIpc) is 2.50. The van der Waals surface area contributed by atoms with E-state index in [1.54, 1.807) is 18.3 Å². The lowest BCUT2D eigenvalue weighted by Crippen LogP contribution is -2.07. The van der Waals surface area contributed by atoms with Crippen molar-refractivity contribution in [2.24, 2.45) is 0 Å². The van der Waals surface area contributed by atoms with E-state index in [-0.39, 0.29) is 22.8 Å². The van der Waals surface area contributed by atoms with Gasteiger partial charge >= 0.3 is 0 Å². The van der Waals surface area contributed by atoms with E-state index < -0.39 is 5.82 Å². The number of benzene rings is 2. The first-order chi connectivity index (χ1) is 10.2. The van der Waals surface area contributed by atoms with E-state index in [1.165, 1.54) is 12.1 Å². The van der Waals surface area contributed by atoms with E-state index in [0.717, 1.165) is 10.9 Å². The van der Waals surface area contributed by atoms with Crippen LogP contribution in [-0.2, 0) is 6.42 Å². The molecule has 0 saturated carbocycles. The molecule has 0 radical (unpaired) electrons. The van der Waals surface area contributed by atoms with Gasteiger partial charge in [0.2, 0.25) is 0 Å². The first-order valence-corrected chi connectivity index (χ1v) is 6.84. The normalized spacial score (nSPS) is 10.8. The van der Waals surface area contributed by atoms with Gasteiger partial charge in [-0.3, -0.25) is 9.78 Å². The van der Waals surface area contributed by atoms with Crippen molar-refractivity contribution >= 4 is 28.3 Å². The Morgan fingerprint density at radius 2 is 1.90 bits per heavy atom. The minimum atomic E-state index is -0.464. The van der Waals surface area contributed by atoms with E-state index in [1.807, 2.05) is 24.3 Å². The van der Waals surface area contributed by atoms with Crippen LogP contribution in [0.5, 0.6) is 0 Å². The molecule has 2 aromatic carbocycles. The topological polar surface area (TPSA) is 30.0 Å². The van der Waals surface area contributed by atoms with Crippen molar-refractivity contribution < 1.29 is 9.18 Å². The van der Waals surface area contributed by atoms with Gasteiger partial charge < -0.3 is 0 Å². The second-order valence-corrected chi connectivity index (χ2v) is 5.08. The Labute approximate surface area is 126 Å². The Kier molecular flexibility index (Phi) is 3.67. The molecule has 0 aliphatic heterocycles. The molecule has 0 spiro atoms. The Balaban J connectivity index is 2.02. The van der Waals surface area contributed by atoms with Gasteiger partial charge in [-0.2, -0.15) is 0 Å². The predicted molar refractivity (Wildman–Crippen MR) is 81.2 cm³/mol. The molecular formula is C17H11ClFNO. The second kappa shape index (κ2) is 5.62. The molecule has 0 unspecified atom stereocenters. The second-order valence-electron chi connectivity index (χ2n) is 4.68. The molecule has 1 heterocycles. The SMILES string of the molecule is O=C(Cc1c(F)cccc1Cl)c1ccnc2ccccc12. The van der Waals surface area contributed by atoms with Crippen LogP contribution in [0, 0.1) is 5.82 Å². The predicted octanol–water partition coefficient (Wildman–Crippen LogP) is 4.45. The fourth-order valence-corrected chi connectivity index (χ4v) is 2.53. The van der Waals surface area contributed by atoms with Crippen LogP contribution >= 0.6 is 11.6 Å². The zero-order valence-electron chi connectivity index (χ0n) is 11.0. The number of hydrogen-bond donors (Lipinski definition) is 0. The number of para-hydroxylation sites is 1. The van der Waals surface area contributed by atoms with Crippen molar-refractivity contribution in [3.05, 3.63) is 76.7 Å². The van der Waals surface area contributed by atoms with Crippen LogP contribution in [0.4, 0.5) is 4.39 Å². The molecule has 0 bridgehead atoms. The molecule has 0 amide bonds. The molecule has 3 aromatic rings. The summed E-state index contributed by atoms with van der Waals surface area (Å²) in [7, 11) is 0. The van der Waals surface area contributed by atoms with E-state index in [0.29, 0.717) is 5.56 Å². The first-order valence-electron chi connectivity index (χ1n) is 6.46. The molecule has 0 aliphatic rings. The Morgan fingerprint density at radius 1 is 1.10 bits per heavy atom. The molecule has 0 atom stereocenters.